The molecule has 3 amide bonds. The monoisotopic (exact) mass is 695 g/mol. The van der Waals surface area contributed by atoms with Crippen LogP contribution in [0.1, 0.15) is 50.7 Å². The van der Waals surface area contributed by atoms with E-state index in [-0.39, 0.29) is 35.5 Å². The minimum atomic E-state index is -0.666. The number of aryl methyl sites for hydroxylation is 1. The van der Waals surface area contributed by atoms with Gasteiger partial charge in [0.05, 0.1) is 41.2 Å². The van der Waals surface area contributed by atoms with E-state index >= 15 is 4.39 Å². The Morgan fingerprint density at radius 1 is 0.941 bits per heavy atom. The zero-order valence-corrected chi connectivity index (χ0v) is 28.9. The number of pyridine rings is 2. The molecule has 0 radical (unpaired) electrons. The summed E-state index contributed by atoms with van der Waals surface area (Å²) in [5, 5.41) is 5.39. The number of nitrogens with one attached hydrogen (secondary N) is 2. The largest absolute Gasteiger partial charge is 0.370 e. The van der Waals surface area contributed by atoms with Gasteiger partial charge in [0.1, 0.15) is 22.9 Å². The fraction of sp³-hybridized carbons (Fsp3) is 0.361. The molecule has 15 heteroatoms. The van der Waals surface area contributed by atoms with Gasteiger partial charge in [0.2, 0.25) is 11.9 Å². The molecule has 2 aliphatic rings. The third kappa shape index (κ3) is 7.06. The van der Waals surface area contributed by atoms with Gasteiger partial charge in [-0.2, -0.15) is 0 Å². The minimum Gasteiger partial charge on any atom is -0.370 e. The molecule has 2 N–H and O–H groups in total. The van der Waals surface area contributed by atoms with Crippen molar-refractivity contribution in [2.75, 3.05) is 41.8 Å². The van der Waals surface area contributed by atoms with E-state index in [0.717, 1.165) is 43.5 Å². The molecule has 2 saturated heterocycles. The van der Waals surface area contributed by atoms with E-state index in [1.165, 1.54) is 11.0 Å². The van der Waals surface area contributed by atoms with Crippen LogP contribution in [0.3, 0.4) is 0 Å². The predicted molar refractivity (Wildman–Crippen MR) is 190 cm³/mol. The SMILES string of the molecule is Cc1nc2c(F)cc(-c3nc(Nc4ccc(N5CCC(N(C)Cc6ccc(N7CCC(=O)NC7=O)cn6)CC5)cn4)ncc3F)cc2n1C(C)C. The Hall–Kier alpha value is -5.57. The fourth-order valence-corrected chi connectivity index (χ4v) is 6.88. The zero-order valence-electron chi connectivity index (χ0n) is 28.9. The van der Waals surface area contributed by atoms with Crippen LogP contribution in [0.2, 0.25) is 0 Å². The van der Waals surface area contributed by atoms with Gasteiger partial charge >= 0.3 is 6.03 Å². The number of imidazole rings is 1. The quantitative estimate of drug-likeness (QED) is 0.196. The number of imide groups is 1. The number of rotatable bonds is 9. The molecule has 5 aromatic rings. The molecule has 0 bridgehead atoms. The second-order valence-electron chi connectivity index (χ2n) is 13.3. The molecular formula is C36H39F2N11O2. The number of amides is 3. The number of urea groups is 1. The smallest absolute Gasteiger partial charge is 0.328 e. The normalized spacial score (nSPS) is 15.7. The molecule has 0 aliphatic carbocycles. The Balaban J connectivity index is 0.953. The lowest BCUT2D eigenvalue weighted by Gasteiger charge is -2.37. The van der Waals surface area contributed by atoms with Crippen LogP contribution in [0.5, 0.6) is 0 Å². The van der Waals surface area contributed by atoms with Gasteiger partial charge in [-0.25, -0.2) is 33.5 Å². The van der Waals surface area contributed by atoms with Crippen LogP contribution in [0.15, 0.2) is 55.0 Å². The summed E-state index contributed by atoms with van der Waals surface area (Å²) in [4.78, 5) is 51.7. The summed E-state index contributed by atoms with van der Waals surface area (Å²) >= 11 is 0. The molecule has 7 rings (SSSR count). The Kier molecular flexibility index (Phi) is 9.29. The molecule has 2 aliphatic heterocycles. The molecule has 2 fully saturated rings. The van der Waals surface area contributed by atoms with E-state index in [1.807, 2.05) is 49.6 Å². The van der Waals surface area contributed by atoms with Crippen LogP contribution >= 0.6 is 0 Å². The average molecular weight is 696 g/mol. The molecule has 0 atom stereocenters. The Bertz CT molecular complexity index is 2080. The van der Waals surface area contributed by atoms with E-state index in [4.69, 9.17) is 0 Å². The van der Waals surface area contributed by atoms with Gasteiger partial charge < -0.3 is 14.8 Å². The lowest BCUT2D eigenvalue weighted by molar-refractivity contribution is -0.120. The van der Waals surface area contributed by atoms with Gasteiger partial charge in [0.25, 0.3) is 0 Å². The number of benzene rings is 1. The van der Waals surface area contributed by atoms with E-state index < -0.39 is 17.7 Å². The van der Waals surface area contributed by atoms with Crippen molar-refractivity contribution in [3.05, 3.63) is 78.1 Å². The molecule has 51 heavy (non-hydrogen) atoms. The van der Waals surface area contributed by atoms with Crippen LogP contribution in [0.4, 0.5) is 36.7 Å². The summed E-state index contributed by atoms with van der Waals surface area (Å²) in [6, 6.07) is 10.6. The predicted octanol–water partition coefficient (Wildman–Crippen LogP) is 5.74. The third-order valence-corrected chi connectivity index (χ3v) is 9.49. The maximum atomic E-state index is 15.1. The summed E-state index contributed by atoms with van der Waals surface area (Å²) < 4.78 is 32.0. The van der Waals surface area contributed by atoms with Crippen molar-refractivity contribution >= 4 is 46.1 Å². The molecular weight excluding hydrogens is 656 g/mol. The number of carbonyl (C=O) groups excluding carboxylic acids is 2. The first-order chi connectivity index (χ1) is 24.5. The van der Waals surface area contributed by atoms with E-state index in [9.17, 15) is 14.0 Å². The summed E-state index contributed by atoms with van der Waals surface area (Å²) in [5.74, 6) is -0.157. The molecule has 264 valence electrons. The molecule has 0 unspecified atom stereocenters. The van der Waals surface area contributed by atoms with Gasteiger partial charge in [0.15, 0.2) is 11.6 Å². The number of halogens is 2. The van der Waals surface area contributed by atoms with Crippen molar-refractivity contribution in [1.29, 1.82) is 0 Å². The molecule has 13 nitrogen and oxygen atoms in total. The number of aromatic nitrogens is 6. The standard InChI is InChI=1S/C36H39F2N11O2/c1-21(2)49-22(3)42-34-28(37)15-23(16-30(34)49)33-29(38)19-41-35(45-33)43-31-8-7-26(17-40-31)47-12-9-25(10-13-47)46(4)20-24-5-6-27(18-39-24)48-14-11-32(50)44-36(48)51/h5-8,15-19,21,25H,9-14,20H2,1-4H3,(H,44,50,51)(H,40,41,43,45). The molecule has 1 aromatic carbocycles. The highest BCUT2D eigenvalue weighted by Crippen LogP contribution is 2.31. The number of anilines is 4. The summed E-state index contributed by atoms with van der Waals surface area (Å²) in [7, 11) is 2.10. The number of hydrogen-bond donors (Lipinski definition) is 2. The first-order valence-electron chi connectivity index (χ1n) is 17.0. The molecule has 0 spiro atoms. The van der Waals surface area contributed by atoms with Gasteiger partial charge in [-0.1, -0.05) is 0 Å². The van der Waals surface area contributed by atoms with E-state index in [1.54, 1.807) is 18.5 Å². The highest BCUT2D eigenvalue weighted by molar-refractivity contribution is 6.05. The number of fused-ring (bicyclic) bond motifs is 1. The number of piperidine rings is 1. The topological polar surface area (TPSA) is 137 Å². The fourth-order valence-electron chi connectivity index (χ4n) is 6.88. The van der Waals surface area contributed by atoms with Crippen LogP contribution in [-0.2, 0) is 11.3 Å². The number of nitrogens with zero attached hydrogens (tertiary/aromatic N) is 9. The van der Waals surface area contributed by atoms with Gasteiger partial charge in [0, 0.05) is 50.2 Å². The van der Waals surface area contributed by atoms with Crippen molar-refractivity contribution in [2.24, 2.45) is 0 Å². The number of hydrogen-bond acceptors (Lipinski definition) is 10. The second-order valence-corrected chi connectivity index (χ2v) is 13.3. The van der Waals surface area contributed by atoms with Crippen molar-refractivity contribution in [1.82, 2.24) is 39.7 Å². The Labute approximate surface area is 293 Å². The maximum absolute atomic E-state index is 15.1. The Morgan fingerprint density at radius 3 is 2.39 bits per heavy atom. The number of carbonyl (C=O) groups is 2. The van der Waals surface area contributed by atoms with E-state index in [2.05, 4.69) is 52.4 Å². The zero-order chi connectivity index (χ0) is 35.8. The van der Waals surface area contributed by atoms with Crippen LogP contribution in [0, 0.1) is 18.6 Å². The van der Waals surface area contributed by atoms with Gasteiger partial charge in [-0.05, 0) is 77.1 Å². The van der Waals surface area contributed by atoms with E-state index in [0.29, 0.717) is 47.5 Å². The minimum absolute atomic E-state index is 0.0232. The second kappa shape index (κ2) is 14.0. The van der Waals surface area contributed by atoms with Crippen LogP contribution in [0.25, 0.3) is 22.3 Å². The highest BCUT2D eigenvalue weighted by Gasteiger charge is 2.26. The lowest BCUT2D eigenvalue weighted by atomic mass is 10.0. The third-order valence-electron chi connectivity index (χ3n) is 9.49. The summed E-state index contributed by atoms with van der Waals surface area (Å²) in [5.41, 5.74) is 3.65. The molecule has 0 saturated carbocycles. The molecule has 6 heterocycles. The first kappa shape index (κ1) is 33.9. The summed E-state index contributed by atoms with van der Waals surface area (Å²) in [6.07, 6.45) is 6.74. The van der Waals surface area contributed by atoms with Crippen molar-refractivity contribution in [2.45, 2.75) is 58.7 Å². The lowest BCUT2D eigenvalue weighted by Crippen LogP contribution is -2.49. The van der Waals surface area contributed by atoms with Crippen LogP contribution < -0.4 is 20.4 Å². The average Bonchev–Trinajstić information content (AvgIpc) is 3.46. The van der Waals surface area contributed by atoms with Crippen LogP contribution in [-0.4, -0.2) is 79.0 Å². The van der Waals surface area contributed by atoms with Gasteiger partial charge in [-0.15, -0.1) is 0 Å². The van der Waals surface area contributed by atoms with Gasteiger partial charge in [-0.3, -0.25) is 24.9 Å². The van der Waals surface area contributed by atoms with Crippen molar-refractivity contribution in [3.63, 3.8) is 0 Å². The first-order valence-corrected chi connectivity index (χ1v) is 17.0. The Morgan fingerprint density at radius 2 is 1.71 bits per heavy atom. The van der Waals surface area contributed by atoms with Crippen molar-refractivity contribution < 1.29 is 18.4 Å². The maximum Gasteiger partial charge on any atom is 0.328 e. The summed E-state index contributed by atoms with van der Waals surface area (Å²) in [6.45, 7) is 8.53. The molecule has 4 aromatic heterocycles. The highest BCUT2D eigenvalue weighted by atomic mass is 19.1. The van der Waals surface area contributed by atoms with Crippen molar-refractivity contribution in [3.8, 4) is 11.3 Å².